The molecule has 1 N–H and O–H groups in total. The predicted molar refractivity (Wildman–Crippen MR) is 72.1 cm³/mol. The summed E-state index contributed by atoms with van der Waals surface area (Å²) in [4.78, 5) is 13.1. The second-order valence-electron chi connectivity index (χ2n) is 5.34. The van der Waals surface area contributed by atoms with Crippen molar-refractivity contribution in [1.29, 1.82) is 0 Å². The monoisotopic (exact) mass is 249 g/mol. The summed E-state index contributed by atoms with van der Waals surface area (Å²) in [5.41, 5.74) is 1.56. The third-order valence-corrected chi connectivity index (χ3v) is 3.49. The maximum Gasteiger partial charge on any atom is 0.295 e. The molecule has 5 nitrogen and oxygen atoms in total. The summed E-state index contributed by atoms with van der Waals surface area (Å²) in [6.07, 6.45) is 0. The summed E-state index contributed by atoms with van der Waals surface area (Å²) in [5, 5.41) is 14.6. The number of nitro benzene ring substituents is 1. The van der Waals surface area contributed by atoms with Crippen LogP contribution in [-0.4, -0.2) is 30.1 Å². The Balaban J connectivity index is 2.50. The first-order valence-electron chi connectivity index (χ1n) is 6.16. The normalized spacial score (nSPS) is 18.7. The first kappa shape index (κ1) is 12.8. The number of rotatable bonds is 2. The molecule has 1 aromatic rings. The van der Waals surface area contributed by atoms with E-state index in [9.17, 15) is 10.1 Å². The van der Waals surface area contributed by atoms with Crippen LogP contribution in [0.4, 0.5) is 11.4 Å². The number of aryl methyl sites for hydroxylation is 1. The first-order chi connectivity index (χ1) is 8.43. The fourth-order valence-electron chi connectivity index (χ4n) is 2.53. The van der Waals surface area contributed by atoms with Crippen molar-refractivity contribution in [3.8, 4) is 0 Å². The topological polar surface area (TPSA) is 58.4 Å². The van der Waals surface area contributed by atoms with Gasteiger partial charge < -0.3 is 10.2 Å². The van der Waals surface area contributed by atoms with Crippen molar-refractivity contribution >= 4 is 11.4 Å². The SMILES string of the molecule is Cc1cccc(N2CCNCC2(C)C)c1[N+](=O)[O-]. The zero-order chi connectivity index (χ0) is 13.3. The fourth-order valence-corrected chi connectivity index (χ4v) is 2.53. The van der Waals surface area contributed by atoms with Gasteiger partial charge in [0.05, 0.1) is 4.92 Å². The van der Waals surface area contributed by atoms with Crippen LogP contribution in [-0.2, 0) is 0 Å². The lowest BCUT2D eigenvalue weighted by Gasteiger charge is -2.44. The second kappa shape index (κ2) is 4.57. The van der Waals surface area contributed by atoms with Crippen molar-refractivity contribution in [2.75, 3.05) is 24.5 Å². The van der Waals surface area contributed by atoms with Crippen molar-refractivity contribution in [3.63, 3.8) is 0 Å². The van der Waals surface area contributed by atoms with Crippen LogP contribution in [0.25, 0.3) is 0 Å². The van der Waals surface area contributed by atoms with Gasteiger partial charge in [0.25, 0.3) is 5.69 Å². The Bertz CT molecular complexity index is 471. The molecule has 1 fully saturated rings. The molecule has 1 aliphatic rings. The average Bonchev–Trinajstić information content (AvgIpc) is 2.27. The Morgan fingerprint density at radius 3 is 2.78 bits per heavy atom. The van der Waals surface area contributed by atoms with E-state index in [0.29, 0.717) is 5.56 Å². The molecule has 1 saturated heterocycles. The molecule has 2 rings (SSSR count). The van der Waals surface area contributed by atoms with E-state index in [1.807, 2.05) is 12.1 Å². The Morgan fingerprint density at radius 2 is 2.17 bits per heavy atom. The van der Waals surface area contributed by atoms with E-state index in [4.69, 9.17) is 0 Å². The van der Waals surface area contributed by atoms with Gasteiger partial charge in [0.2, 0.25) is 0 Å². The minimum atomic E-state index is -0.275. The van der Waals surface area contributed by atoms with E-state index >= 15 is 0 Å². The van der Waals surface area contributed by atoms with E-state index in [-0.39, 0.29) is 16.1 Å². The number of hydrogen-bond donors (Lipinski definition) is 1. The lowest BCUT2D eigenvalue weighted by Crippen LogP contribution is -2.58. The van der Waals surface area contributed by atoms with Crippen molar-refractivity contribution in [2.24, 2.45) is 0 Å². The number of anilines is 1. The number of nitrogens with one attached hydrogen (secondary N) is 1. The van der Waals surface area contributed by atoms with E-state index < -0.39 is 0 Å². The number of piperazine rings is 1. The molecule has 0 aromatic heterocycles. The number of para-hydroxylation sites is 1. The number of nitro groups is 1. The van der Waals surface area contributed by atoms with Gasteiger partial charge >= 0.3 is 0 Å². The predicted octanol–water partition coefficient (Wildman–Crippen LogP) is 2.09. The standard InChI is InChI=1S/C13H19N3O2/c1-10-5-4-6-11(12(10)16(17)18)15-8-7-14-9-13(15,2)3/h4-6,14H,7-9H2,1-3H3. The minimum absolute atomic E-state index is 0.114. The Labute approximate surface area is 107 Å². The van der Waals surface area contributed by atoms with Crippen LogP contribution in [0, 0.1) is 17.0 Å². The van der Waals surface area contributed by atoms with Gasteiger partial charge in [0, 0.05) is 30.7 Å². The van der Waals surface area contributed by atoms with Gasteiger partial charge in [-0.15, -0.1) is 0 Å². The molecule has 0 atom stereocenters. The van der Waals surface area contributed by atoms with Gasteiger partial charge in [-0.05, 0) is 26.8 Å². The largest absolute Gasteiger partial charge is 0.358 e. The molecule has 5 heteroatoms. The summed E-state index contributed by atoms with van der Waals surface area (Å²) in [6, 6.07) is 5.52. The van der Waals surface area contributed by atoms with Crippen molar-refractivity contribution < 1.29 is 4.92 Å². The molecule has 0 radical (unpaired) electrons. The van der Waals surface area contributed by atoms with Crippen LogP contribution < -0.4 is 10.2 Å². The third-order valence-electron chi connectivity index (χ3n) is 3.49. The first-order valence-corrected chi connectivity index (χ1v) is 6.16. The summed E-state index contributed by atoms with van der Waals surface area (Å²) in [5.74, 6) is 0. The van der Waals surface area contributed by atoms with Gasteiger partial charge in [0.1, 0.15) is 5.69 Å². The van der Waals surface area contributed by atoms with Crippen LogP contribution in [0.15, 0.2) is 18.2 Å². The molecule has 0 unspecified atom stereocenters. The summed E-state index contributed by atoms with van der Waals surface area (Å²) in [6.45, 7) is 8.47. The zero-order valence-electron chi connectivity index (χ0n) is 11.1. The smallest absolute Gasteiger partial charge is 0.295 e. The summed E-state index contributed by atoms with van der Waals surface area (Å²) in [7, 11) is 0. The summed E-state index contributed by atoms with van der Waals surface area (Å²) >= 11 is 0. The van der Waals surface area contributed by atoms with E-state index in [1.54, 1.807) is 13.0 Å². The molecule has 0 bridgehead atoms. The Kier molecular flexibility index (Phi) is 3.26. The Morgan fingerprint density at radius 1 is 1.44 bits per heavy atom. The van der Waals surface area contributed by atoms with Gasteiger partial charge in [0.15, 0.2) is 0 Å². The van der Waals surface area contributed by atoms with Crippen molar-refractivity contribution in [3.05, 3.63) is 33.9 Å². The van der Waals surface area contributed by atoms with Crippen LogP contribution in [0.5, 0.6) is 0 Å². The highest BCUT2D eigenvalue weighted by Gasteiger charge is 2.34. The molecule has 1 aromatic carbocycles. The highest BCUT2D eigenvalue weighted by Crippen LogP contribution is 2.35. The lowest BCUT2D eigenvalue weighted by atomic mass is 9.98. The van der Waals surface area contributed by atoms with Crippen LogP contribution >= 0.6 is 0 Å². The molecule has 18 heavy (non-hydrogen) atoms. The van der Waals surface area contributed by atoms with Gasteiger partial charge in [-0.1, -0.05) is 12.1 Å². The molecular formula is C13H19N3O2. The van der Waals surface area contributed by atoms with E-state index in [2.05, 4.69) is 24.1 Å². The lowest BCUT2D eigenvalue weighted by molar-refractivity contribution is -0.384. The maximum atomic E-state index is 11.3. The molecule has 0 saturated carbocycles. The van der Waals surface area contributed by atoms with Crippen molar-refractivity contribution in [2.45, 2.75) is 26.3 Å². The molecule has 1 aliphatic heterocycles. The highest BCUT2D eigenvalue weighted by atomic mass is 16.6. The van der Waals surface area contributed by atoms with E-state index in [0.717, 1.165) is 25.3 Å². The molecule has 0 spiro atoms. The van der Waals surface area contributed by atoms with Gasteiger partial charge in [-0.25, -0.2) is 0 Å². The quantitative estimate of drug-likeness (QED) is 0.644. The fraction of sp³-hybridized carbons (Fsp3) is 0.538. The zero-order valence-corrected chi connectivity index (χ0v) is 11.1. The number of hydrogen-bond acceptors (Lipinski definition) is 4. The molecule has 1 heterocycles. The maximum absolute atomic E-state index is 11.3. The van der Waals surface area contributed by atoms with Gasteiger partial charge in [-0.2, -0.15) is 0 Å². The number of benzene rings is 1. The molecule has 0 aliphatic carbocycles. The van der Waals surface area contributed by atoms with Crippen LogP contribution in [0.2, 0.25) is 0 Å². The Hall–Kier alpha value is -1.62. The van der Waals surface area contributed by atoms with Gasteiger partial charge in [-0.3, -0.25) is 10.1 Å². The summed E-state index contributed by atoms with van der Waals surface area (Å²) < 4.78 is 0. The third kappa shape index (κ3) is 2.18. The van der Waals surface area contributed by atoms with Crippen molar-refractivity contribution in [1.82, 2.24) is 5.32 Å². The molecule has 0 amide bonds. The molecular weight excluding hydrogens is 230 g/mol. The minimum Gasteiger partial charge on any atom is -0.358 e. The average molecular weight is 249 g/mol. The molecule has 98 valence electrons. The number of nitrogens with zero attached hydrogens (tertiary/aromatic N) is 2. The van der Waals surface area contributed by atoms with Crippen LogP contribution in [0.3, 0.4) is 0 Å². The highest BCUT2D eigenvalue weighted by molar-refractivity contribution is 5.68. The van der Waals surface area contributed by atoms with E-state index in [1.165, 1.54) is 0 Å². The van der Waals surface area contributed by atoms with Crippen LogP contribution in [0.1, 0.15) is 19.4 Å². The second-order valence-corrected chi connectivity index (χ2v) is 5.34.